The van der Waals surface area contributed by atoms with E-state index >= 15 is 0 Å². The van der Waals surface area contributed by atoms with Crippen LogP contribution in [-0.2, 0) is 4.79 Å². The van der Waals surface area contributed by atoms with Crippen molar-refractivity contribution in [3.63, 3.8) is 0 Å². The summed E-state index contributed by atoms with van der Waals surface area (Å²) in [6.45, 7) is 3.95. The second-order valence-corrected chi connectivity index (χ2v) is 3.80. The van der Waals surface area contributed by atoms with Gasteiger partial charge in [-0.1, -0.05) is 11.6 Å². The minimum absolute atomic E-state index is 0.00149. The number of carboxylic acid groups (broad SMARTS) is 1. The van der Waals surface area contributed by atoms with Gasteiger partial charge >= 0.3 is 5.97 Å². The van der Waals surface area contributed by atoms with Gasteiger partial charge in [0.15, 0.2) is 0 Å². The van der Waals surface area contributed by atoms with Crippen molar-refractivity contribution < 1.29 is 14.6 Å². The maximum Gasteiger partial charge on any atom is 0.306 e. The van der Waals surface area contributed by atoms with Gasteiger partial charge in [0, 0.05) is 5.02 Å². The van der Waals surface area contributed by atoms with Gasteiger partial charge in [-0.25, -0.2) is 0 Å². The summed E-state index contributed by atoms with van der Waals surface area (Å²) in [5, 5.41) is 9.14. The summed E-state index contributed by atoms with van der Waals surface area (Å²) in [5.74, 6) is -0.139. The molecule has 0 spiro atoms. The fraction of sp³-hybridized carbons (Fsp3) is 0.364. The van der Waals surface area contributed by atoms with Crippen molar-refractivity contribution in [2.45, 2.75) is 20.3 Å². The molecule has 1 rings (SSSR count). The Kier molecular flexibility index (Phi) is 3.97. The molecule has 0 aromatic heterocycles. The molecule has 0 saturated heterocycles. The SMILES string of the molecule is Cc1cc(Cl)cc(C)c1OCCC(=O)O. The first-order chi connectivity index (χ1) is 7.00. The second kappa shape index (κ2) is 5.03. The van der Waals surface area contributed by atoms with Crippen molar-refractivity contribution in [2.24, 2.45) is 0 Å². The van der Waals surface area contributed by atoms with E-state index in [-0.39, 0.29) is 13.0 Å². The maximum atomic E-state index is 10.3. The average Bonchev–Trinajstić information content (AvgIpc) is 2.08. The molecule has 0 heterocycles. The topological polar surface area (TPSA) is 46.5 Å². The van der Waals surface area contributed by atoms with Crippen LogP contribution in [0.15, 0.2) is 12.1 Å². The van der Waals surface area contributed by atoms with Gasteiger partial charge in [0.05, 0.1) is 13.0 Å². The molecular weight excluding hydrogens is 216 g/mol. The molecule has 1 N–H and O–H groups in total. The molecule has 0 bridgehead atoms. The van der Waals surface area contributed by atoms with Gasteiger partial charge in [0.2, 0.25) is 0 Å². The van der Waals surface area contributed by atoms with Gasteiger partial charge in [0.1, 0.15) is 5.75 Å². The van der Waals surface area contributed by atoms with Gasteiger partial charge in [0.25, 0.3) is 0 Å². The molecule has 0 amide bonds. The number of aryl methyl sites for hydroxylation is 2. The van der Waals surface area contributed by atoms with Crippen LogP contribution in [-0.4, -0.2) is 17.7 Å². The highest BCUT2D eigenvalue weighted by atomic mass is 35.5. The average molecular weight is 229 g/mol. The van der Waals surface area contributed by atoms with Crippen LogP contribution >= 0.6 is 11.6 Å². The van der Waals surface area contributed by atoms with E-state index in [1.807, 2.05) is 13.8 Å². The molecule has 0 aliphatic rings. The number of ether oxygens (including phenoxy) is 1. The van der Waals surface area contributed by atoms with Crippen LogP contribution in [0.1, 0.15) is 17.5 Å². The molecule has 15 heavy (non-hydrogen) atoms. The highest BCUT2D eigenvalue weighted by Crippen LogP contribution is 2.26. The summed E-state index contributed by atoms with van der Waals surface area (Å²) >= 11 is 5.86. The second-order valence-electron chi connectivity index (χ2n) is 3.36. The molecule has 3 nitrogen and oxygen atoms in total. The first kappa shape index (κ1) is 11.9. The third kappa shape index (κ3) is 3.44. The van der Waals surface area contributed by atoms with Crippen LogP contribution in [0.25, 0.3) is 0 Å². The fourth-order valence-corrected chi connectivity index (χ4v) is 1.69. The van der Waals surface area contributed by atoms with Gasteiger partial charge in [-0.15, -0.1) is 0 Å². The van der Waals surface area contributed by atoms with E-state index in [1.54, 1.807) is 12.1 Å². The van der Waals surface area contributed by atoms with Crippen molar-refractivity contribution >= 4 is 17.6 Å². The number of aliphatic carboxylic acids is 1. The van der Waals surface area contributed by atoms with Crippen LogP contribution in [0.5, 0.6) is 5.75 Å². The van der Waals surface area contributed by atoms with Crippen LogP contribution < -0.4 is 4.74 Å². The van der Waals surface area contributed by atoms with Crippen LogP contribution in [0.3, 0.4) is 0 Å². The van der Waals surface area contributed by atoms with E-state index in [1.165, 1.54) is 0 Å². The Bertz CT molecular complexity index is 351. The van der Waals surface area contributed by atoms with E-state index < -0.39 is 5.97 Å². The van der Waals surface area contributed by atoms with Crippen LogP contribution in [0.2, 0.25) is 5.02 Å². The number of rotatable bonds is 4. The van der Waals surface area contributed by atoms with Crippen molar-refractivity contribution in [1.82, 2.24) is 0 Å². The van der Waals surface area contributed by atoms with E-state index in [9.17, 15) is 4.79 Å². The summed E-state index contributed by atoms with van der Waals surface area (Å²) in [6.07, 6.45) is 0.00149. The van der Waals surface area contributed by atoms with E-state index in [4.69, 9.17) is 21.4 Å². The number of carbonyl (C=O) groups is 1. The number of benzene rings is 1. The zero-order valence-electron chi connectivity index (χ0n) is 8.71. The lowest BCUT2D eigenvalue weighted by atomic mass is 10.1. The third-order valence-electron chi connectivity index (χ3n) is 1.99. The van der Waals surface area contributed by atoms with Crippen LogP contribution in [0, 0.1) is 13.8 Å². The standard InChI is InChI=1S/C11H13ClO3/c1-7-5-9(12)6-8(2)11(7)15-4-3-10(13)14/h5-6H,3-4H2,1-2H3,(H,13,14). The summed E-state index contributed by atoms with van der Waals surface area (Å²) in [6, 6.07) is 3.59. The van der Waals surface area contributed by atoms with Gasteiger partial charge in [-0.2, -0.15) is 0 Å². The van der Waals surface area contributed by atoms with Gasteiger partial charge in [-0.3, -0.25) is 4.79 Å². The fourth-order valence-electron chi connectivity index (χ4n) is 1.37. The zero-order chi connectivity index (χ0) is 11.4. The monoisotopic (exact) mass is 228 g/mol. The van der Waals surface area contributed by atoms with Crippen molar-refractivity contribution in [2.75, 3.05) is 6.61 Å². The third-order valence-corrected chi connectivity index (χ3v) is 2.21. The normalized spacial score (nSPS) is 10.1. The molecule has 0 saturated carbocycles. The first-order valence-electron chi connectivity index (χ1n) is 4.62. The molecule has 0 unspecified atom stereocenters. The van der Waals surface area contributed by atoms with Gasteiger partial charge in [-0.05, 0) is 37.1 Å². The summed E-state index contributed by atoms with van der Waals surface area (Å²) < 4.78 is 5.39. The Morgan fingerprint density at radius 3 is 2.40 bits per heavy atom. The number of halogens is 1. The maximum absolute atomic E-state index is 10.3. The highest BCUT2D eigenvalue weighted by Gasteiger charge is 2.06. The Labute approximate surface area is 93.6 Å². The number of carboxylic acids is 1. The van der Waals surface area contributed by atoms with Crippen molar-refractivity contribution in [3.8, 4) is 5.75 Å². The molecule has 1 aromatic carbocycles. The predicted octanol–water partition coefficient (Wildman–Crippen LogP) is 2.81. The quantitative estimate of drug-likeness (QED) is 0.862. The van der Waals surface area contributed by atoms with Crippen molar-refractivity contribution in [1.29, 1.82) is 0 Å². The van der Waals surface area contributed by atoms with Gasteiger partial charge < -0.3 is 9.84 Å². The van der Waals surface area contributed by atoms with Crippen molar-refractivity contribution in [3.05, 3.63) is 28.3 Å². The number of hydrogen-bond acceptors (Lipinski definition) is 2. The summed E-state index contributed by atoms with van der Waals surface area (Å²) in [5.41, 5.74) is 1.84. The molecule has 0 atom stereocenters. The van der Waals surface area contributed by atoms with E-state index in [0.29, 0.717) is 5.02 Å². The lowest BCUT2D eigenvalue weighted by molar-refractivity contribution is -0.137. The molecular formula is C11H13ClO3. The molecule has 0 radical (unpaired) electrons. The predicted molar refractivity (Wildman–Crippen MR) is 58.7 cm³/mol. The summed E-state index contributed by atoms with van der Waals surface area (Å²) in [7, 11) is 0. The van der Waals surface area contributed by atoms with E-state index in [0.717, 1.165) is 16.9 Å². The smallest absolute Gasteiger partial charge is 0.306 e. The van der Waals surface area contributed by atoms with E-state index in [2.05, 4.69) is 0 Å². The molecule has 82 valence electrons. The Balaban J connectivity index is 2.72. The highest BCUT2D eigenvalue weighted by molar-refractivity contribution is 6.30. The molecule has 0 aliphatic heterocycles. The molecule has 4 heteroatoms. The lowest BCUT2D eigenvalue weighted by Crippen LogP contribution is -2.06. The van der Waals surface area contributed by atoms with Crippen LogP contribution in [0.4, 0.5) is 0 Å². The minimum atomic E-state index is -0.862. The largest absolute Gasteiger partial charge is 0.492 e. The number of hydrogen-bond donors (Lipinski definition) is 1. The lowest BCUT2D eigenvalue weighted by Gasteiger charge is -2.11. The molecule has 0 fully saturated rings. The zero-order valence-corrected chi connectivity index (χ0v) is 9.47. The Morgan fingerprint density at radius 2 is 1.93 bits per heavy atom. The summed E-state index contributed by atoms with van der Waals surface area (Å²) in [4.78, 5) is 10.3. The molecule has 1 aromatic rings. The molecule has 0 aliphatic carbocycles. The first-order valence-corrected chi connectivity index (χ1v) is 5.00. The minimum Gasteiger partial charge on any atom is -0.492 e. The Morgan fingerprint density at radius 1 is 1.40 bits per heavy atom. The Hall–Kier alpha value is -1.22.